The van der Waals surface area contributed by atoms with E-state index in [0.29, 0.717) is 12.8 Å². The summed E-state index contributed by atoms with van der Waals surface area (Å²) in [6.07, 6.45) is 0.856. The summed E-state index contributed by atoms with van der Waals surface area (Å²) in [5.74, 6) is -2.10. The Kier molecular flexibility index (Phi) is 6.41. The predicted octanol–water partition coefficient (Wildman–Crippen LogP) is 1.54. The number of benzene rings is 1. The lowest BCUT2D eigenvalue weighted by Crippen LogP contribution is -2.44. The molecule has 1 amide bonds. The summed E-state index contributed by atoms with van der Waals surface area (Å²) in [4.78, 5) is 23.2. The van der Waals surface area contributed by atoms with E-state index in [9.17, 15) is 18.0 Å². The number of carboxylic acid groups (broad SMARTS) is 1. The molecule has 1 aliphatic heterocycles. The molecule has 1 saturated heterocycles. The van der Waals surface area contributed by atoms with E-state index in [1.165, 1.54) is 11.2 Å². The van der Waals surface area contributed by atoms with Crippen LogP contribution in [0, 0.1) is 25.7 Å². The van der Waals surface area contributed by atoms with Gasteiger partial charge in [-0.1, -0.05) is 13.0 Å². The molecule has 1 atom stereocenters. The predicted molar refractivity (Wildman–Crippen MR) is 97.2 cm³/mol. The van der Waals surface area contributed by atoms with Gasteiger partial charge < -0.3 is 10.4 Å². The summed E-state index contributed by atoms with van der Waals surface area (Å²) >= 11 is 0. The molecular formula is C18H26N2O5S. The van der Waals surface area contributed by atoms with Crippen LogP contribution in [0.4, 0.5) is 0 Å². The van der Waals surface area contributed by atoms with E-state index in [2.05, 4.69) is 5.32 Å². The van der Waals surface area contributed by atoms with E-state index < -0.39 is 21.9 Å². The Labute approximate surface area is 154 Å². The Hall–Kier alpha value is -1.93. The molecule has 144 valence electrons. The molecule has 0 saturated carbocycles. The van der Waals surface area contributed by atoms with Crippen molar-refractivity contribution in [1.29, 1.82) is 0 Å². The third kappa shape index (κ3) is 4.62. The molecule has 0 aromatic heterocycles. The quantitative estimate of drug-likeness (QED) is 0.777. The number of rotatable bonds is 6. The largest absolute Gasteiger partial charge is 0.481 e. The van der Waals surface area contributed by atoms with Crippen LogP contribution in [0.2, 0.25) is 0 Å². The molecule has 7 nitrogen and oxygen atoms in total. The lowest BCUT2D eigenvalue weighted by molar-refractivity contribution is -0.141. The van der Waals surface area contributed by atoms with Crippen molar-refractivity contribution in [3.63, 3.8) is 0 Å². The minimum atomic E-state index is -3.56. The second-order valence-corrected chi connectivity index (χ2v) is 8.85. The van der Waals surface area contributed by atoms with Gasteiger partial charge in [0.2, 0.25) is 15.9 Å². The zero-order valence-electron chi connectivity index (χ0n) is 15.4. The molecule has 1 aromatic rings. The van der Waals surface area contributed by atoms with Crippen LogP contribution in [0.3, 0.4) is 0 Å². The summed E-state index contributed by atoms with van der Waals surface area (Å²) in [5.41, 5.74) is 1.96. The van der Waals surface area contributed by atoms with Crippen molar-refractivity contribution in [2.75, 3.05) is 19.6 Å². The Morgan fingerprint density at radius 3 is 2.38 bits per heavy atom. The van der Waals surface area contributed by atoms with Crippen molar-refractivity contribution in [3.8, 4) is 0 Å². The Morgan fingerprint density at radius 1 is 1.23 bits per heavy atom. The van der Waals surface area contributed by atoms with Gasteiger partial charge in [0.05, 0.1) is 10.8 Å². The van der Waals surface area contributed by atoms with Crippen LogP contribution in [-0.4, -0.2) is 49.3 Å². The van der Waals surface area contributed by atoms with Crippen LogP contribution in [-0.2, 0) is 19.6 Å². The minimum Gasteiger partial charge on any atom is -0.481 e. The molecule has 26 heavy (non-hydrogen) atoms. The lowest BCUT2D eigenvalue weighted by atomic mass is 9.97. The molecule has 8 heteroatoms. The zero-order valence-corrected chi connectivity index (χ0v) is 16.2. The van der Waals surface area contributed by atoms with E-state index in [-0.39, 0.29) is 36.4 Å². The highest BCUT2D eigenvalue weighted by atomic mass is 32.2. The maximum atomic E-state index is 12.8. The first kappa shape index (κ1) is 20.4. The van der Waals surface area contributed by atoms with Crippen molar-refractivity contribution in [3.05, 3.63) is 29.3 Å². The van der Waals surface area contributed by atoms with E-state index in [1.54, 1.807) is 18.2 Å². The number of nitrogens with zero attached hydrogens (tertiary/aromatic N) is 1. The van der Waals surface area contributed by atoms with Crippen LogP contribution in [0.5, 0.6) is 0 Å². The number of carbonyl (C=O) groups is 2. The topological polar surface area (TPSA) is 104 Å². The minimum absolute atomic E-state index is 0.0787. The van der Waals surface area contributed by atoms with Gasteiger partial charge in [0.1, 0.15) is 0 Å². The van der Waals surface area contributed by atoms with Crippen molar-refractivity contribution in [2.45, 2.75) is 38.5 Å². The fraction of sp³-hybridized carbons (Fsp3) is 0.556. The summed E-state index contributed by atoms with van der Waals surface area (Å²) in [7, 11) is -3.56. The number of piperidine rings is 1. The lowest BCUT2D eigenvalue weighted by Gasteiger charge is -2.30. The number of hydrogen-bond donors (Lipinski definition) is 2. The summed E-state index contributed by atoms with van der Waals surface area (Å²) in [6, 6.07) is 5.09. The average Bonchev–Trinajstić information content (AvgIpc) is 2.61. The highest BCUT2D eigenvalue weighted by molar-refractivity contribution is 7.89. The maximum absolute atomic E-state index is 12.8. The van der Waals surface area contributed by atoms with Gasteiger partial charge in [0, 0.05) is 25.6 Å². The van der Waals surface area contributed by atoms with E-state index in [1.807, 2.05) is 13.8 Å². The van der Waals surface area contributed by atoms with E-state index in [0.717, 1.165) is 11.1 Å². The molecule has 0 bridgehead atoms. The summed E-state index contributed by atoms with van der Waals surface area (Å²) in [5, 5.41) is 11.5. The maximum Gasteiger partial charge on any atom is 0.308 e. The van der Waals surface area contributed by atoms with Crippen LogP contribution < -0.4 is 5.32 Å². The van der Waals surface area contributed by atoms with Crippen molar-refractivity contribution < 1.29 is 23.1 Å². The second-order valence-electron chi connectivity index (χ2n) is 6.91. The van der Waals surface area contributed by atoms with Gasteiger partial charge in [-0.25, -0.2) is 8.42 Å². The molecule has 1 aromatic carbocycles. The first-order valence-electron chi connectivity index (χ1n) is 8.71. The first-order chi connectivity index (χ1) is 12.1. The van der Waals surface area contributed by atoms with E-state index >= 15 is 0 Å². The molecule has 2 rings (SSSR count). The summed E-state index contributed by atoms with van der Waals surface area (Å²) < 4.78 is 27.0. The molecule has 1 unspecified atom stereocenters. The molecule has 0 spiro atoms. The smallest absolute Gasteiger partial charge is 0.308 e. The monoisotopic (exact) mass is 382 g/mol. The van der Waals surface area contributed by atoms with Crippen molar-refractivity contribution in [2.24, 2.45) is 11.8 Å². The highest BCUT2D eigenvalue weighted by Crippen LogP contribution is 2.25. The molecule has 1 heterocycles. The number of nitrogens with one attached hydrogen (secondary N) is 1. The van der Waals surface area contributed by atoms with Gasteiger partial charge in [-0.3, -0.25) is 9.59 Å². The molecule has 1 fully saturated rings. The van der Waals surface area contributed by atoms with Gasteiger partial charge in [0.15, 0.2) is 0 Å². The normalized spacial score (nSPS) is 17.7. The number of sulfonamides is 1. The van der Waals surface area contributed by atoms with Crippen LogP contribution in [0.15, 0.2) is 23.1 Å². The van der Waals surface area contributed by atoms with Gasteiger partial charge in [-0.15, -0.1) is 0 Å². The third-order valence-corrected chi connectivity index (χ3v) is 6.84. The second kappa shape index (κ2) is 8.18. The fourth-order valence-corrected chi connectivity index (χ4v) is 4.42. The zero-order chi connectivity index (χ0) is 19.5. The van der Waals surface area contributed by atoms with Crippen LogP contribution in [0.1, 0.15) is 30.9 Å². The molecule has 0 aliphatic carbocycles. The van der Waals surface area contributed by atoms with E-state index in [4.69, 9.17) is 5.11 Å². The molecule has 1 aliphatic rings. The number of aliphatic carboxylic acids is 1. The Bertz CT molecular complexity index is 783. The molecule has 2 N–H and O–H groups in total. The Balaban J connectivity index is 1.95. The van der Waals surface area contributed by atoms with Gasteiger partial charge in [-0.2, -0.15) is 4.31 Å². The Morgan fingerprint density at radius 2 is 1.85 bits per heavy atom. The third-order valence-electron chi connectivity index (χ3n) is 4.94. The van der Waals surface area contributed by atoms with Gasteiger partial charge >= 0.3 is 5.97 Å². The number of carbonyl (C=O) groups excluding carboxylic acids is 1. The molecule has 0 radical (unpaired) electrons. The first-order valence-corrected chi connectivity index (χ1v) is 10.1. The average molecular weight is 382 g/mol. The fourth-order valence-electron chi connectivity index (χ4n) is 2.87. The molecular weight excluding hydrogens is 356 g/mol. The van der Waals surface area contributed by atoms with Crippen LogP contribution in [0.25, 0.3) is 0 Å². The number of amides is 1. The SMILES string of the molecule is Cc1ccc(S(=O)(=O)N2CCC(C(=O)NCC(C)C(=O)O)CC2)cc1C. The van der Waals surface area contributed by atoms with Crippen molar-refractivity contribution in [1.82, 2.24) is 9.62 Å². The number of aryl methyl sites for hydroxylation is 2. The number of carboxylic acids is 1. The summed E-state index contributed by atoms with van der Waals surface area (Å²) in [6.45, 7) is 5.98. The van der Waals surface area contributed by atoms with Crippen LogP contribution >= 0.6 is 0 Å². The highest BCUT2D eigenvalue weighted by Gasteiger charge is 2.32. The van der Waals surface area contributed by atoms with Gasteiger partial charge in [0.25, 0.3) is 0 Å². The van der Waals surface area contributed by atoms with Crippen molar-refractivity contribution >= 4 is 21.9 Å². The van der Waals surface area contributed by atoms with Gasteiger partial charge in [-0.05, 0) is 49.9 Å². The number of hydrogen-bond acceptors (Lipinski definition) is 4. The standard InChI is InChI=1S/C18H26N2O5S/c1-12-4-5-16(10-13(12)2)26(24,25)20-8-6-15(7-9-20)17(21)19-11-14(3)18(22)23/h4-5,10,14-15H,6-9,11H2,1-3H3,(H,19,21)(H,22,23).